The summed E-state index contributed by atoms with van der Waals surface area (Å²) < 4.78 is 25.4. The van der Waals surface area contributed by atoms with Gasteiger partial charge in [0.05, 0.1) is 31.9 Å². The highest BCUT2D eigenvalue weighted by atomic mass is 19.1. The van der Waals surface area contributed by atoms with Crippen LogP contribution in [0.1, 0.15) is 41.3 Å². The lowest BCUT2D eigenvalue weighted by atomic mass is 9.89. The third-order valence-corrected chi connectivity index (χ3v) is 6.34. The van der Waals surface area contributed by atoms with E-state index in [0.29, 0.717) is 44.6 Å². The summed E-state index contributed by atoms with van der Waals surface area (Å²) in [5, 5.41) is 9.39. The molecule has 0 radical (unpaired) electrons. The van der Waals surface area contributed by atoms with Crippen LogP contribution in [0.15, 0.2) is 12.1 Å². The van der Waals surface area contributed by atoms with E-state index in [1.807, 2.05) is 0 Å². The Hall–Kier alpha value is -2.19. The summed E-state index contributed by atoms with van der Waals surface area (Å²) >= 11 is 0. The van der Waals surface area contributed by atoms with Gasteiger partial charge in [0.25, 0.3) is 0 Å². The van der Waals surface area contributed by atoms with Gasteiger partial charge in [-0.25, -0.2) is 14.0 Å². The van der Waals surface area contributed by atoms with Gasteiger partial charge < -0.3 is 19.5 Å². The molecule has 28 heavy (non-hydrogen) atoms. The number of carboxylic acid groups (broad SMARTS) is 1. The van der Waals surface area contributed by atoms with E-state index in [4.69, 9.17) is 9.47 Å². The fourth-order valence-corrected chi connectivity index (χ4v) is 4.92. The third-order valence-electron chi connectivity index (χ3n) is 6.34. The van der Waals surface area contributed by atoms with Crippen LogP contribution in [-0.2, 0) is 22.4 Å². The molecule has 152 valence electrons. The van der Waals surface area contributed by atoms with Crippen LogP contribution in [0, 0.1) is 5.82 Å². The minimum absolute atomic E-state index is 0.0852. The van der Waals surface area contributed by atoms with Crippen molar-refractivity contribution in [1.29, 1.82) is 0 Å². The first kappa shape index (κ1) is 19.1. The van der Waals surface area contributed by atoms with Crippen molar-refractivity contribution < 1.29 is 28.6 Å². The molecule has 2 bridgehead atoms. The molecule has 0 aromatic heterocycles. The second-order valence-electron chi connectivity index (χ2n) is 8.02. The van der Waals surface area contributed by atoms with E-state index >= 15 is 0 Å². The predicted molar refractivity (Wildman–Crippen MR) is 97.8 cm³/mol. The van der Waals surface area contributed by atoms with Gasteiger partial charge in [-0.3, -0.25) is 4.90 Å². The third kappa shape index (κ3) is 3.14. The van der Waals surface area contributed by atoms with Gasteiger partial charge in [0.2, 0.25) is 0 Å². The summed E-state index contributed by atoms with van der Waals surface area (Å²) in [6.45, 7) is 3.95. The summed E-state index contributed by atoms with van der Waals surface area (Å²) in [7, 11) is 1.28. The molecule has 1 aromatic carbocycles. The number of rotatable bonds is 4. The molecule has 0 unspecified atom stereocenters. The number of carbonyl (C=O) groups is 2. The number of benzene rings is 1. The van der Waals surface area contributed by atoms with Crippen molar-refractivity contribution in [2.45, 2.75) is 50.4 Å². The van der Waals surface area contributed by atoms with Crippen molar-refractivity contribution in [3.63, 3.8) is 0 Å². The monoisotopic (exact) mass is 392 g/mol. The zero-order valence-electron chi connectivity index (χ0n) is 16.1. The number of methoxy groups -OCH3 is 1. The molecule has 3 aliphatic heterocycles. The highest BCUT2D eigenvalue weighted by Gasteiger charge is 2.54. The Bertz CT molecular complexity index is 816. The second-order valence-corrected chi connectivity index (χ2v) is 8.02. The van der Waals surface area contributed by atoms with Crippen LogP contribution in [0.5, 0.6) is 0 Å². The maximum Gasteiger partial charge on any atom is 0.407 e. The van der Waals surface area contributed by atoms with Crippen LogP contribution < -0.4 is 0 Å². The lowest BCUT2D eigenvalue weighted by molar-refractivity contribution is -0.0660. The molecular formula is C20H25FN2O5. The molecule has 2 saturated heterocycles. The average Bonchev–Trinajstić information content (AvgIpc) is 3.25. The number of hydrogen-bond donors (Lipinski definition) is 1. The van der Waals surface area contributed by atoms with Gasteiger partial charge in [-0.15, -0.1) is 0 Å². The molecule has 1 N–H and O–H groups in total. The van der Waals surface area contributed by atoms with E-state index in [2.05, 4.69) is 11.8 Å². The van der Waals surface area contributed by atoms with Gasteiger partial charge in [0.15, 0.2) is 0 Å². The van der Waals surface area contributed by atoms with Crippen molar-refractivity contribution in [2.24, 2.45) is 0 Å². The largest absolute Gasteiger partial charge is 0.465 e. The van der Waals surface area contributed by atoms with Crippen LogP contribution in [0.3, 0.4) is 0 Å². The van der Waals surface area contributed by atoms with E-state index in [9.17, 15) is 19.1 Å². The Labute approximate surface area is 163 Å². The van der Waals surface area contributed by atoms with Crippen LogP contribution in [0.4, 0.5) is 9.18 Å². The SMILES string of the molecule is CC[C@@H]1Cc2c(F)cc(C(=O)OC)cc2CN1C[C@]12C[C@H](CO1)N(C(=O)O)C2. The van der Waals surface area contributed by atoms with E-state index in [-0.39, 0.29) is 23.5 Å². The lowest BCUT2D eigenvalue weighted by Crippen LogP contribution is -2.53. The molecule has 8 heteroatoms. The molecule has 2 fully saturated rings. The van der Waals surface area contributed by atoms with Crippen LogP contribution in [-0.4, -0.2) is 71.5 Å². The number of fused-ring (bicyclic) bond motifs is 3. The zero-order valence-corrected chi connectivity index (χ0v) is 16.1. The van der Waals surface area contributed by atoms with Gasteiger partial charge in [-0.2, -0.15) is 0 Å². The molecule has 7 nitrogen and oxygen atoms in total. The molecule has 0 aliphatic carbocycles. The fourth-order valence-electron chi connectivity index (χ4n) is 4.92. The minimum Gasteiger partial charge on any atom is -0.465 e. The first-order chi connectivity index (χ1) is 13.4. The number of likely N-dealkylation sites (tertiary alicyclic amines) is 1. The van der Waals surface area contributed by atoms with Gasteiger partial charge >= 0.3 is 12.1 Å². The molecule has 3 aliphatic rings. The Balaban J connectivity index is 1.59. The Morgan fingerprint density at radius 3 is 2.86 bits per heavy atom. The number of hydrogen-bond acceptors (Lipinski definition) is 5. The average molecular weight is 392 g/mol. The number of ether oxygens (including phenoxy) is 2. The molecule has 3 heterocycles. The first-order valence-electron chi connectivity index (χ1n) is 9.63. The van der Waals surface area contributed by atoms with Gasteiger partial charge in [0, 0.05) is 25.6 Å². The first-order valence-corrected chi connectivity index (χ1v) is 9.63. The number of amides is 1. The Morgan fingerprint density at radius 1 is 1.43 bits per heavy atom. The van der Waals surface area contributed by atoms with Crippen molar-refractivity contribution >= 4 is 12.1 Å². The summed E-state index contributed by atoms with van der Waals surface area (Å²) in [5.41, 5.74) is 1.13. The molecule has 1 aromatic rings. The number of nitrogens with zero attached hydrogens (tertiary/aromatic N) is 2. The molecule has 0 saturated carbocycles. The number of esters is 1. The Kier molecular flexibility index (Phi) is 4.79. The van der Waals surface area contributed by atoms with Crippen molar-refractivity contribution in [3.05, 3.63) is 34.6 Å². The van der Waals surface area contributed by atoms with Crippen molar-refractivity contribution in [2.75, 3.05) is 26.8 Å². The van der Waals surface area contributed by atoms with Gasteiger partial charge in [-0.05, 0) is 36.1 Å². The maximum absolute atomic E-state index is 14.6. The normalized spacial score (nSPS) is 29.0. The summed E-state index contributed by atoms with van der Waals surface area (Å²) in [4.78, 5) is 27.0. The van der Waals surface area contributed by atoms with Gasteiger partial charge in [-0.1, -0.05) is 6.92 Å². The fraction of sp³-hybridized carbons (Fsp3) is 0.600. The lowest BCUT2D eigenvalue weighted by Gasteiger charge is -2.42. The van der Waals surface area contributed by atoms with E-state index < -0.39 is 17.7 Å². The van der Waals surface area contributed by atoms with Gasteiger partial charge in [0.1, 0.15) is 11.4 Å². The second kappa shape index (κ2) is 7.00. The van der Waals surface area contributed by atoms with Crippen LogP contribution in [0.2, 0.25) is 0 Å². The van der Waals surface area contributed by atoms with Crippen LogP contribution >= 0.6 is 0 Å². The summed E-state index contributed by atoms with van der Waals surface area (Å²) in [6.07, 6.45) is 1.19. The zero-order chi connectivity index (χ0) is 20.1. The summed E-state index contributed by atoms with van der Waals surface area (Å²) in [6, 6.07) is 3.01. The Morgan fingerprint density at radius 2 is 2.21 bits per heavy atom. The number of carbonyl (C=O) groups excluding carboxylic acids is 1. The molecule has 1 amide bonds. The van der Waals surface area contributed by atoms with E-state index in [1.165, 1.54) is 18.1 Å². The van der Waals surface area contributed by atoms with E-state index in [0.717, 1.165) is 12.0 Å². The molecule has 3 atom stereocenters. The molecule has 4 rings (SSSR count). The van der Waals surface area contributed by atoms with Crippen molar-refractivity contribution in [3.8, 4) is 0 Å². The highest BCUT2D eigenvalue weighted by Crippen LogP contribution is 2.40. The minimum atomic E-state index is -0.906. The number of morpholine rings is 1. The number of halogens is 1. The topological polar surface area (TPSA) is 79.3 Å². The molecule has 0 spiro atoms. The van der Waals surface area contributed by atoms with Crippen molar-refractivity contribution in [1.82, 2.24) is 9.80 Å². The maximum atomic E-state index is 14.6. The predicted octanol–water partition coefficient (Wildman–Crippen LogP) is 2.27. The standard InChI is InChI=1S/C20H25FN2O5/c1-3-14-6-16-13(4-12(5-17(16)21)18(24)27-2)8-22(14)10-20-7-15(9-28-20)23(11-20)19(25)26/h4-5,14-15H,3,6-11H2,1-2H3,(H,25,26)/t14-,15-,20+/m1/s1. The van der Waals surface area contributed by atoms with Crippen LogP contribution in [0.25, 0.3) is 0 Å². The molecular weight excluding hydrogens is 367 g/mol. The highest BCUT2D eigenvalue weighted by molar-refractivity contribution is 5.89. The summed E-state index contributed by atoms with van der Waals surface area (Å²) in [5.74, 6) is -0.927. The van der Waals surface area contributed by atoms with E-state index in [1.54, 1.807) is 6.07 Å². The quantitative estimate of drug-likeness (QED) is 0.792. The smallest absolute Gasteiger partial charge is 0.407 e.